The standard InChI is InChI=1S/C13H22N2O5S/c1-14(7-10-3-2-4-10)13(18)15(8-12(16)17)11-5-6-21(19,20)9-11/h10-11H,2-9H2,1H3,(H,16,17). The van der Waals surface area contributed by atoms with Gasteiger partial charge in [-0.2, -0.15) is 0 Å². The van der Waals surface area contributed by atoms with Gasteiger partial charge in [0.25, 0.3) is 0 Å². The van der Waals surface area contributed by atoms with Crippen molar-refractivity contribution in [2.24, 2.45) is 5.92 Å². The van der Waals surface area contributed by atoms with Gasteiger partial charge in [-0.05, 0) is 25.2 Å². The van der Waals surface area contributed by atoms with Crippen molar-refractivity contribution >= 4 is 21.8 Å². The summed E-state index contributed by atoms with van der Waals surface area (Å²) >= 11 is 0. The molecule has 1 aliphatic carbocycles. The minimum Gasteiger partial charge on any atom is -0.480 e. The van der Waals surface area contributed by atoms with Crippen LogP contribution in [-0.4, -0.2) is 73.0 Å². The molecule has 1 saturated carbocycles. The largest absolute Gasteiger partial charge is 0.480 e. The molecule has 1 N–H and O–H groups in total. The lowest BCUT2D eigenvalue weighted by molar-refractivity contribution is -0.138. The van der Waals surface area contributed by atoms with Gasteiger partial charge in [-0.1, -0.05) is 6.42 Å². The van der Waals surface area contributed by atoms with E-state index in [1.807, 2.05) is 0 Å². The van der Waals surface area contributed by atoms with E-state index in [1.54, 1.807) is 7.05 Å². The third-order valence-electron chi connectivity index (χ3n) is 4.28. The summed E-state index contributed by atoms with van der Waals surface area (Å²) in [6, 6.07) is -0.908. The Labute approximate surface area is 124 Å². The highest BCUT2D eigenvalue weighted by atomic mass is 32.2. The Morgan fingerprint density at radius 3 is 2.33 bits per heavy atom. The predicted molar refractivity (Wildman–Crippen MR) is 76.8 cm³/mol. The fourth-order valence-corrected chi connectivity index (χ4v) is 4.61. The van der Waals surface area contributed by atoms with Gasteiger partial charge in [0.05, 0.1) is 11.5 Å². The molecule has 0 aromatic heterocycles. The van der Waals surface area contributed by atoms with Gasteiger partial charge in [0, 0.05) is 19.6 Å². The van der Waals surface area contributed by atoms with Crippen LogP contribution in [0, 0.1) is 5.92 Å². The first kappa shape index (κ1) is 16.1. The van der Waals surface area contributed by atoms with Crippen LogP contribution in [0.25, 0.3) is 0 Å². The summed E-state index contributed by atoms with van der Waals surface area (Å²) in [4.78, 5) is 26.2. The number of carbonyl (C=O) groups excluding carboxylic acids is 1. The van der Waals surface area contributed by atoms with E-state index in [2.05, 4.69) is 0 Å². The molecule has 2 amide bonds. The molecular formula is C13H22N2O5S. The molecular weight excluding hydrogens is 296 g/mol. The molecule has 1 aliphatic heterocycles. The average molecular weight is 318 g/mol. The van der Waals surface area contributed by atoms with Crippen molar-refractivity contribution in [1.82, 2.24) is 9.80 Å². The van der Waals surface area contributed by atoms with E-state index in [1.165, 1.54) is 16.2 Å². The highest BCUT2D eigenvalue weighted by Gasteiger charge is 2.37. The number of carbonyl (C=O) groups is 2. The molecule has 1 unspecified atom stereocenters. The van der Waals surface area contributed by atoms with Gasteiger partial charge in [-0.25, -0.2) is 13.2 Å². The molecule has 21 heavy (non-hydrogen) atoms. The smallest absolute Gasteiger partial charge is 0.323 e. The lowest BCUT2D eigenvalue weighted by Gasteiger charge is -2.35. The second-order valence-electron chi connectivity index (χ2n) is 6.04. The van der Waals surface area contributed by atoms with E-state index in [4.69, 9.17) is 5.11 Å². The lowest BCUT2D eigenvalue weighted by atomic mass is 9.85. The molecule has 0 radical (unpaired) electrons. The summed E-state index contributed by atoms with van der Waals surface area (Å²) in [7, 11) is -1.51. The van der Waals surface area contributed by atoms with Crippen LogP contribution in [0.1, 0.15) is 25.7 Å². The van der Waals surface area contributed by atoms with Gasteiger partial charge in [0.15, 0.2) is 9.84 Å². The number of rotatable bonds is 5. The Hall–Kier alpha value is -1.31. The second kappa shape index (κ2) is 6.21. The monoisotopic (exact) mass is 318 g/mol. The van der Waals surface area contributed by atoms with Crippen molar-refractivity contribution in [3.63, 3.8) is 0 Å². The van der Waals surface area contributed by atoms with Crippen LogP contribution in [0.2, 0.25) is 0 Å². The second-order valence-corrected chi connectivity index (χ2v) is 8.27. The maximum Gasteiger partial charge on any atom is 0.323 e. The van der Waals surface area contributed by atoms with Crippen molar-refractivity contribution in [2.75, 3.05) is 31.6 Å². The fourth-order valence-electron chi connectivity index (χ4n) is 2.88. The topological polar surface area (TPSA) is 95.0 Å². The summed E-state index contributed by atoms with van der Waals surface area (Å²) in [5, 5.41) is 8.98. The molecule has 0 aromatic carbocycles. The Bertz CT molecular complexity index is 515. The molecule has 0 spiro atoms. The van der Waals surface area contributed by atoms with Crippen molar-refractivity contribution in [2.45, 2.75) is 31.7 Å². The molecule has 1 heterocycles. The zero-order valence-corrected chi connectivity index (χ0v) is 13.0. The van der Waals surface area contributed by atoms with Crippen LogP contribution in [0.5, 0.6) is 0 Å². The van der Waals surface area contributed by atoms with Crippen LogP contribution in [0.4, 0.5) is 4.79 Å². The Morgan fingerprint density at radius 1 is 1.24 bits per heavy atom. The quantitative estimate of drug-likeness (QED) is 0.792. The minimum atomic E-state index is -3.16. The van der Waals surface area contributed by atoms with E-state index in [9.17, 15) is 18.0 Å². The average Bonchev–Trinajstić information content (AvgIpc) is 2.69. The number of hydrogen-bond donors (Lipinski definition) is 1. The molecule has 8 heteroatoms. The SMILES string of the molecule is CN(CC1CCC1)C(=O)N(CC(=O)O)C1CCS(=O)(=O)C1. The number of amides is 2. The van der Waals surface area contributed by atoms with E-state index in [0.29, 0.717) is 18.9 Å². The molecule has 1 saturated heterocycles. The number of nitrogens with zero attached hydrogens (tertiary/aromatic N) is 2. The van der Waals surface area contributed by atoms with Gasteiger partial charge in [0.1, 0.15) is 6.54 Å². The molecule has 7 nitrogen and oxygen atoms in total. The van der Waals surface area contributed by atoms with Crippen molar-refractivity contribution in [3.05, 3.63) is 0 Å². The fraction of sp³-hybridized carbons (Fsp3) is 0.846. The summed E-state index contributed by atoms with van der Waals surface area (Å²) in [5.41, 5.74) is 0. The number of sulfone groups is 1. The van der Waals surface area contributed by atoms with Gasteiger partial charge in [-0.3, -0.25) is 4.79 Å². The van der Waals surface area contributed by atoms with Gasteiger partial charge >= 0.3 is 12.0 Å². The molecule has 120 valence electrons. The number of carboxylic acids is 1. The molecule has 2 fully saturated rings. The third-order valence-corrected chi connectivity index (χ3v) is 6.03. The summed E-state index contributed by atoms with van der Waals surface area (Å²) in [6.45, 7) is 0.155. The van der Waals surface area contributed by atoms with Crippen LogP contribution >= 0.6 is 0 Å². The van der Waals surface area contributed by atoms with Gasteiger partial charge < -0.3 is 14.9 Å². The van der Waals surface area contributed by atoms with Crippen LogP contribution in [-0.2, 0) is 14.6 Å². The van der Waals surface area contributed by atoms with Crippen LogP contribution in [0.3, 0.4) is 0 Å². The van der Waals surface area contributed by atoms with E-state index >= 15 is 0 Å². The van der Waals surface area contributed by atoms with Crippen LogP contribution in [0.15, 0.2) is 0 Å². The van der Waals surface area contributed by atoms with Crippen molar-refractivity contribution in [1.29, 1.82) is 0 Å². The summed E-state index contributed by atoms with van der Waals surface area (Å²) in [6.07, 6.45) is 3.67. The summed E-state index contributed by atoms with van der Waals surface area (Å²) in [5.74, 6) is -0.751. The molecule has 0 bridgehead atoms. The van der Waals surface area contributed by atoms with Gasteiger partial charge in [-0.15, -0.1) is 0 Å². The molecule has 2 aliphatic rings. The number of aliphatic carboxylic acids is 1. The van der Waals surface area contributed by atoms with Crippen LogP contribution < -0.4 is 0 Å². The number of urea groups is 1. The molecule has 1 atom stereocenters. The van der Waals surface area contributed by atoms with E-state index < -0.39 is 28.4 Å². The number of hydrogen-bond acceptors (Lipinski definition) is 4. The van der Waals surface area contributed by atoms with Crippen molar-refractivity contribution in [3.8, 4) is 0 Å². The molecule has 2 rings (SSSR count). The number of carboxylic acid groups (broad SMARTS) is 1. The highest BCUT2D eigenvalue weighted by molar-refractivity contribution is 7.91. The predicted octanol–water partition coefficient (Wildman–Crippen LogP) is 0.412. The zero-order chi connectivity index (χ0) is 15.6. The highest BCUT2D eigenvalue weighted by Crippen LogP contribution is 2.27. The lowest BCUT2D eigenvalue weighted by Crippen LogP contribution is -2.50. The maximum atomic E-state index is 12.4. The normalized spacial score (nSPS) is 24.3. The maximum absolute atomic E-state index is 12.4. The van der Waals surface area contributed by atoms with Crippen molar-refractivity contribution < 1.29 is 23.1 Å². The minimum absolute atomic E-state index is 0.0212. The Morgan fingerprint density at radius 2 is 1.90 bits per heavy atom. The first-order valence-corrected chi connectivity index (χ1v) is 9.04. The summed E-state index contributed by atoms with van der Waals surface area (Å²) < 4.78 is 23.1. The van der Waals surface area contributed by atoms with E-state index in [0.717, 1.165) is 12.8 Å². The third kappa shape index (κ3) is 4.09. The zero-order valence-electron chi connectivity index (χ0n) is 12.2. The Kier molecular flexibility index (Phi) is 4.75. The first-order valence-electron chi connectivity index (χ1n) is 7.22. The van der Waals surface area contributed by atoms with Gasteiger partial charge in [0.2, 0.25) is 0 Å². The van der Waals surface area contributed by atoms with E-state index in [-0.39, 0.29) is 17.5 Å². The Balaban J connectivity index is 2.03. The first-order chi connectivity index (χ1) is 9.78. The molecule has 0 aromatic rings.